The van der Waals surface area contributed by atoms with Gasteiger partial charge in [-0.3, -0.25) is 29.5 Å². The number of likely N-dealkylation sites (tertiary alicyclic amines) is 1. The molecule has 0 unspecified atom stereocenters. The number of nitro benzene ring substituents is 1. The highest BCUT2D eigenvalue weighted by atomic mass is 32.2. The van der Waals surface area contributed by atoms with Gasteiger partial charge in [0.2, 0.25) is 11.8 Å². The third-order valence-corrected chi connectivity index (χ3v) is 10.3. The lowest BCUT2D eigenvalue weighted by molar-refractivity contribution is -0.384. The summed E-state index contributed by atoms with van der Waals surface area (Å²) in [7, 11) is 0. The number of benzene rings is 2. The van der Waals surface area contributed by atoms with E-state index in [1.807, 2.05) is 37.3 Å². The van der Waals surface area contributed by atoms with Crippen molar-refractivity contribution < 1.29 is 29.2 Å². The molecule has 3 aliphatic heterocycles. The zero-order valence-corrected chi connectivity index (χ0v) is 24.6. The number of carbonyl (C=O) groups is 3. The second-order valence-corrected chi connectivity index (χ2v) is 13.1. The lowest BCUT2D eigenvalue weighted by atomic mass is 9.90. The fraction of sp³-hybridized carbons (Fsp3) is 0.414. The molecule has 0 radical (unpaired) electrons. The molecule has 2 aromatic rings. The molecule has 3 heterocycles. The molecular weight excluding hydrogens is 580 g/mol. The van der Waals surface area contributed by atoms with E-state index in [4.69, 9.17) is 4.74 Å². The van der Waals surface area contributed by atoms with Crippen LogP contribution in [0.15, 0.2) is 64.5 Å². The van der Waals surface area contributed by atoms with Gasteiger partial charge in [-0.1, -0.05) is 49.0 Å². The monoisotopic (exact) mass is 612 g/mol. The minimum absolute atomic E-state index is 0.0550. The molecule has 0 aliphatic carbocycles. The van der Waals surface area contributed by atoms with Crippen molar-refractivity contribution in [1.29, 1.82) is 0 Å². The maximum Gasteiger partial charge on any atom is 0.357 e. The van der Waals surface area contributed by atoms with E-state index in [0.29, 0.717) is 29.3 Å². The number of rotatable bonds is 12. The highest BCUT2D eigenvalue weighted by molar-refractivity contribution is 8.23. The predicted molar refractivity (Wildman–Crippen MR) is 159 cm³/mol. The average Bonchev–Trinajstić information content (AvgIpc) is 3.57. The van der Waals surface area contributed by atoms with Crippen molar-refractivity contribution in [2.45, 2.75) is 49.6 Å². The van der Waals surface area contributed by atoms with Gasteiger partial charge in [0.25, 0.3) is 5.69 Å². The van der Waals surface area contributed by atoms with E-state index in [-0.39, 0.29) is 47.0 Å². The number of hydrogen-bond acceptors (Lipinski definition) is 10. The van der Waals surface area contributed by atoms with Gasteiger partial charge in [0.05, 0.1) is 27.7 Å². The molecule has 11 nitrogen and oxygen atoms in total. The quantitative estimate of drug-likeness (QED) is 0.159. The maximum absolute atomic E-state index is 13.3. The number of non-ortho nitro benzene ring substituents is 1. The third-order valence-electron chi connectivity index (χ3n) is 7.49. The number of β-lactam (4-membered cyclic amide) rings is 1. The van der Waals surface area contributed by atoms with Crippen molar-refractivity contribution in [2.24, 2.45) is 5.92 Å². The Morgan fingerprint density at radius 2 is 1.93 bits per heavy atom. The molecule has 0 aromatic heterocycles. The number of hydrogen-bond donors (Lipinski definition) is 2. The number of aliphatic hydroxyl groups excluding tert-OH is 1. The molecule has 2 N–H and O–H groups in total. The summed E-state index contributed by atoms with van der Waals surface area (Å²) in [5.74, 6) is -1.61. The summed E-state index contributed by atoms with van der Waals surface area (Å²) in [5.41, 5.74) is 1.73. The largest absolute Gasteiger partial charge is 0.456 e. The number of carbonyl (C=O) groups excluding carboxylic acids is 3. The first-order valence-electron chi connectivity index (χ1n) is 13.8. The van der Waals surface area contributed by atoms with Gasteiger partial charge in [-0.2, -0.15) is 0 Å². The Morgan fingerprint density at radius 1 is 1.19 bits per heavy atom. The van der Waals surface area contributed by atoms with Crippen LogP contribution in [0.4, 0.5) is 5.69 Å². The van der Waals surface area contributed by atoms with Gasteiger partial charge in [0.15, 0.2) is 5.70 Å². The van der Waals surface area contributed by atoms with Crippen LogP contribution in [0.1, 0.15) is 30.9 Å². The fourth-order valence-corrected chi connectivity index (χ4v) is 8.47. The average molecular weight is 613 g/mol. The molecule has 42 heavy (non-hydrogen) atoms. The molecule has 13 heteroatoms. The molecule has 3 aliphatic rings. The zero-order chi connectivity index (χ0) is 29.8. The van der Waals surface area contributed by atoms with Crippen LogP contribution in [-0.4, -0.2) is 74.0 Å². The minimum atomic E-state index is -0.802. The van der Waals surface area contributed by atoms with Gasteiger partial charge in [0, 0.05) is 30.5 Å². The highest BCUT2D eigenvalue weighted by Gasteiger charge is 2.58. The number of nitro groups is 1. The molecule has 2 amide bonds. The molecule has 2 fully saturated rings. The van der Waals surface area contributed by atoms with Gasteiger partial charge in [-0.05, 0) is 42.6 Å². The van der Waals surface area contributed by atoms with Crippen molar-refractivity contribution >= 4 is 47.0 Å². The van der Waals surface area contributed by atoms with Crippen LogP contribution in [-0.2, 0) is 32.3 Å². The predicted octanol–water partition coefficient (Wildman–Crippen LogP) is 3.23. The van der Waals surface area contributed by atoms with Crippen LogP contribution in [0, 0.1) is 16.0 Å². The third kappa shape index (κ3) is 6.64. The summed E-state index contributed by atoms with van der Waals surface area (Å²) in [6.45, 7) is 3.84. The summed E-state index contributed by atoms with van der Waals surface area (Å²) in [6.07, 6.45) is 0.434. The van der Waals surface area contributed by atoms with Crippen molar-refractivity contribution in [3.8, 4) is 0 Å². The number of thioether (sulfide) groups is 2. The lowest BCUT2D eigenvalue weighted by Crippen LogP contribution is -2.61. The first kappa shape index (κ1) is 30.1. The lowest BCUT2D eigenvalue weighted by Gasteiger charge is -2.44. The minimum Gasteiger partial charge on any atom is -0.456 e. The molecule has 222 valence electrons. The van der Waals surface area contributed by atoms with E-state index < -0.39 is 22.9 Å². The topological polar surface area (TPSA) is 142 Å². The van der Waals surface area contributed by atoms with Gasteiger partial charge in [-0.15, -0.1) is 11.8 Å². The van der Waals surface area contributed by atoms with Gasteiger partial charge in [0.1, 0.15) is 12.0 Å². The second-order valence-electron chi connectivity index (χ2n) is 10.4. The Bertz CT molecular complexity index is 1370. The zero-order valence-electron chi connectivity index (χ0n) is 23.0. The van der Waals surface area contributed by atoms with Crippen LogP contribution in [0.5, 0.6) is 0 Å². The summed E-state index contributed by atoms with van der Waals surface area (Å²) in [5, 5.41) is 24.0. The molecule has 0 spiro atoms. The van der Waals surface area contributed by atoms with Crippen LogP contribution in [0.3, 0.4) is 0 Å². The molecule has 4 atom stereocenters. The SMILES string of the molecule is CC[C@H](O)[C@@H]1C(=O)N2C(C(=O)OCc3ccc([N+](=O)[O-])cc3)=C(S[C@H]3CCN(CC(=O)NCc4ccccc4)C3)S[C@H]12. The first-order chi connectivity index (χ1) is 20.2. The summed E-state index contributed by atoms with van der Waals surface area (Å²) in [4.78, 5) is 52.8. The molecule has 2 saturated heterocycles. The number of nitrogens with one attached hydrogen (secondary N) is 1. The molecule has 0 bridgehead atoms. The Balaban J connectivity index is 1.22. The van der Waals surface area contributed by atoms with Gasteiger partial charge >= 0.3 is 5.97 Å². The van der Waals surface area contributed by atoms with E-state index in [9.17, 15) is 29.6 Å². The number of amides is 2. The van der Waals surface area contributed by atoms with Crippen LogP contribution < -0.4 is 5.32 Å². The maximum atomic E-state index is 13.3. The molecule has 5 rings (SSSR count). The van der Waals surface area contributed by atoms with Crippen molar-refractivity contribution in [3.05, 3.63) is 85.8 Å². The number of aliphatic hydroxyl groups is 1. The van der Waals surface area contributed by atoms with Crippen LogP contribution >= 0.6 is 23.5 Å². The smallest absolute Gasteiger partial charge is 0.357 e. The van der Waals surface area contributed by atoms with Crippen molar-refractivity contribution in [2.75, 3.05) is 19.6 Å². The Morgan fingerprint density at radius 3 is 2.62 bits per heavy atom. The number of esters is 1. The van der Waals surface area contributed by atoms with Gasteiger partial charge in [-0.25, -0.2) is 4.79 Å². The normalized spacial score (nSPS) is 22.5. The number of fused-ring (bicyclic) bond motifs is 1. The van der Waals surface area contributed by atoms with E-state index in [1.54, 1.807) is 0 Å². The Hall–Kier alpha value is -3.39. The summed E-state index contributed by atoms with van der Waals surface area (Å²) < 4.78 is 6.23. The Kier molecular flexibility index (Phi) is 9.51. The molecule has 0 saturated carbocycles. The van der Waals surface area contributed by atoms with E-state index in [2.05, 4.69) is 10.2 Å². The Labute approximate surface area is 251 Å². The van der Waals surface area contributed by atoms with Gasteiger partial charge < -0.3 is 15.2 Å². The van der Waals surface area contributed by atoms with Crippen LogP contribution in [0.2, 0.25) is 0 Å². The molecular formula is C29H32N4O7S2. The number of nitrogens with zero attached hydrogens (tertiary/aromatic N) is 3. The molecule has 2 aromatic carbocycles. The summed E-state index contributed by atoms with van der Waals surface area (Å²) >= 11 is 2.91. The standard InChI is InChI=1S/C29H32N4O7S2/c1-2-22(34)24-26(36)32-25(28(37)40-17-19-8-10-20(11-9-19)33(38)39)29(42-27(24)32)41-21-12-13-31(15-21)16-23(35)30-14-18-6-4-3-5-7-18/h3-11,21-22,24,27,34H,2,12-17H2,1H3,(H,30,35)/t21-,22-,24+,27+/m0/s1. The van der Waals surface area contributed by atoms with E-state index >= 15 is 0 Å². The number of ether oxygens (including phenoxy) is 1. The van der Waals surface area contributed by atoms with Crippen molar-refractivity contribution in [1.82, 2.24) is 15.1 Å². The highest BCUT2D eigenvalue weighted by Crippen LogP contribution is 2.55. The summed E-state index contributed by atoms with van der Waals surface area (Å²) in [6, 6.07) is 15.4. The second kappa shape index (κ2) is 13.3. The van der Waals surface area contributed by atoms with E-state index in [1.165, 1.54) is 52.7 Å². The van der Waals surface area contributed by atoms with E-state index in [0.717, 1.165) is 18.5 Å². The fourth-order valence-electron chi connectivity index (χ4n) is 5.16. The van der Waals surface area contributed by atoms with Crippen LogP contribution in [0.25, 0.3) is 0 Å². The first-order valence-corrected chi connectivity index (χ1v) is 15.5. The van der Waals surface area contributed by atoms with Crippen molar-refractivity contribution in [3.63, 3.8) is 0 Å².